The van der Waals surface area contributed by atoms with Crippen LogP contribution in [0.4, 0.5) is 13.2 Å². The zero-order valence-electron chi connectivity index (χ0n) is 17.9. The monoisotopic (exact) mass is 448 g/mol. The van der Waals surface area contributed by atoms with Crippen molar-refractivity contribution in [3.05, 3.63) is 107 Å². The Labute approximate surface area is 189 Å². The van der Waals surface area contributed by atoms with Crippen molar-refractivity contribution in [1.29, 1.82) is 0 Å². The summed E-state index contributed by atoms with van der Waals surface area (Å²) in [6.45, 7) is 1.89. The standard InChI is InChI=1S/C27H19F3O3/c1-16-3-5-18(6-4-16)22-13-14-24(26(30)25(22)29)33-27(31)19-9-7-17(8-10-19)21-12-11-20(32-2)15-23(21)28/h3-15H,1-2H3. The Bertz CT molecular complexity index is 1310. The van der Waals surface area contributed by atoms with Crippen molar-refractivity contribution in [1.82, 2.24) is 0 Å². The molecule has 0 spiro atoms. The quantitative estimate of drug-likeness (QED) is 0.244. The van der Waals surface area contributed by atoms with Crippen LogP contribution in [0.2, 0.25) is 0 Å². The summed E-state index contributed by atoms with van der Waals surface area (Å²) < 4.78 is 53.6. The molecule has 0 bridgehead atoms. The van der Waals surface area contributed by atoms with Crippen LogP contribution in [-0.4, -0.2) is 13.1 Å². The molecule has 0 radical (unpaired) electrons. The Hall–Kier alpha value is -4.06. The molecule has 0 aliphatic carbocycles. The normalized spacial score (nSPS) is 10.7. The number of hydrogen-bond donors (Lipinski definition) is 0. The third-order valence-electron chi connectivity index (χ3n) is 5.22. The highest BCUT2D eigenvalue weighted by molar-refractivity contribution is 5.91. The van der Waals surface area contributed by atoms with Gasteiger partial charge >= 0.3 is 5.97 Å². The fourth-order valence-corrected chi connectivity index (χ4v) is 3.37. The van der Waals surface area contributed by atoms with Gasteiger partial charge in [0.25, 0.3) is 0 Å². The molecule has 4 aromatic rings. The number of carbonyl (C=O) groups excluding carboxylic acids is 1. The van der Waals surface area contributed by atoms with E-state index in [1.54, 1.807) is 48.5 Å². The number of methoxy groups -OCH3 is 1. The molecule has 0 saturated carbocycles. The van der Waals surface area contributed by atoms with Crippen molar-refractivity contribution in [2.24, 2.45) is 0 Å². The van der Waals surface area contributed by atoms with Gasteiger partial charge in [0, 0.05) is 17.2 Å². The van der Waals surface area contributed by atoms with E-state index in [4.69, 9.17) is 9.47 Å². The van der Waals surface area contributed by atoms with E-state index in [1.165, 1.54) is 37.4 Å². The summed E-state index contributed by atoms with van der Waals surface area (Å²) in [7, 11) is 1.44. The molecule has 0 aliphatic heterocycles. The van der Waals surface area contributed by atoms with E-state index >= 15 is 0 Å². The summed E-state index contributed by atoms with van der Waals surface area (Å²) in [5.74, 6) is -3.82. The molecule has 3 nitrogen and oxygen atoms in total. The maximum atomic E-state index is 14.6. The molecule has 0 atom stereocenters. The third kappa shape index (κ3) is 4.60. The first-order chi connectivity index (χ1) is 15.9. The number of esters is 1. The highest BCUT2D eigenvalue weighted by Crippen LogP contribution is 2.31. The number of rotatable bonds is 5. The zero-order chi connectivity index (χ0) is 23.5. The van der Waals surface area contributed by atoms with Crippen LogP contribution in [0.25, 0.3) is 22.3 Å². The van der Waals surface area contributed by atoms with Gasteiger partial charge in [0.15, 0.2) is 11.6 Å². The van der Waals surface area contributed by atoms with Crippen molar-refractivity contribution >= 4 is 5.97 Å². The van der Waals surface area contributed by atoms with Crippen LogP contribution in [0.3, 0.4) is 0 Å². The summed E-state index contributed by atoms with van der Waals surface area (Å²) in [5, 5.41) is 0. The average Bonchev–Trinajstić information content (AvgIpc) is 2.83. The molecule has 0 unspecified atom stereocenters. The Morgan fingerprint density at radius 3 is 1.97 bits per heavy atom. The smallest absolute Gasteiger partial charge is 0.343 e. The third-order valence-corrected chi connectivity index (χ3v) is 5.22. The molecule has 33 heavy (non-hydrogen) atoms. The van der Waals surface area contributed by atoms with Crippen molar-refractivity contribution in [3.63, 3.8) is 0 Å². The van der Waals surface area contributed by atoms with Crippen molar-refractivity contribution in [2.75, 3.05) is 7.11 Å². The van der Waals surface area contributed by atoms with E-state index in [-0.39, 0.29) is 11.1 Å². The lowest BCUT2D eigenvalue weighted by Gasteiger charge is -2.10. The topological polar surface area (TPSA) is 35.5 Å². The fraction of sp³-hybridized carbons (Fsp3) is 0.0741. The molecule has 4 rings (SSSR count). The van der Waals surface area contributed by atoms with E-state index in [0.717, 1.165) is 5.56 Å². The highest BCUT2D eigenvalue weighted by Gasteiger charge is 2.19. The number of ether oxygens (including phenoxy) is 2. The minimum Gasteiger partial charge on any atom is -0.497 e. The van der Waals surface area contributed by atoms with Crippen molar-refractivity contribution in [3.8, 4) is 33.8 Å². The Morgan fingerprint density at radius 2 is 1.33 bits per heavy atom. The van der Waals surface area contributed by atoms with Gasteiger partial charge in [0.1, 0.15) is 11.6 Å². The number of benzene rings is 4. The molecule has 0 heterocycles. The maximum Gasteiger partial charge on any atom is 0.343 e. The van der Waals surface area contributed by atoms with Gasteiger partial charge in [-0.1, -0.05) is 42.0 Å². The van der Waals surface area contributed by atoms with Gasteiger partial charge in [-0.2, -0.15) is 4.39 Å². The van der Waals surface area contributed by atoms with Gasteiger partial charge in [-0.05, 0) is 54.4 Å². The number of carbonyl (C=O) groups is 1. The lowest BCUT2D eigenvalue weighted by molar-refractivity contribution is 0.0727. The van der Waals surface area contributed by atoms with Gasteiger partial charge in [0.2, 0.25) is 5.82 Å². The number of halogens is 3. The summed E-state index contributed by atoms with van der Waals surface area (Å²) in [6, 6.07) is 19.9. The van der Waals surface area contributed by atoms with Crippen LogP contribution < -0.4 is 9.47 Å². The first kappa shape index (κ1) is 22.1. The molecule has 0 aliphatic rings. The van der Waals surface area contributed by atoms with Crippen molar-refractivity contribution in [2.45, 2.75) is 6.92 Å². The zero-order valence-corrected chi connectivity index (χ0v) is 17.9. The minimum atomic E-state index is -1.25. The van der Waals surface area contributed by atoms with E-state index in [0.29, 0.717) is 22.4 Å². The predicted octanol–water partition coefficient (Wildman–Crippen LogP) is 6.97. The van der Waals surface area contributed by atoms with Gasteiger partial charge in [-0.15, -0.1) is 0 Å². The Balaban J connectivity index is 1.53. The summed E-state index contributed by atoms with van der Waals surface area (Å²) in [4.78, 5) is 12.5. The largest absolute Gasteiger partial charge is 0.497 e. The summed E-state index contributed by atoms with van der Waals surface area (Å²) in [5.41, 5.74) is 2.54. The fourth-order valence-electron chi connectivity index (χ4n) is 3.37. The van der Waals surface area contributed by atoms with Crippen LogP contribution in [0.5, 0.6) is 11.5 Å². The van der Waals surface area contributed by atoms with E-state index in [9.17, 15) is 18.0 Å². The molecule has 0 fully saturated rings. The molecule has 6 heteroatoms. The lowest BCUT2D eigenvalue weighted by atomic mass is 10.0. The molecule has 4 aromatic carbocycles. The van der Waals surface area contributed by atoms with E-state index in [2.05, 4.69) is 0 Å². The lowest BCUT2D eigenvalue weighted by Crippen LogP contribution is -2.10. The number of hydrogen-bond acceptors (Lipinski definition) is 3. The van der Waals surface area contributed by atoms with Gasteiger partial charge in [-0.25, -0.2) is 13.6 Å². The second kappa shape index (κ2) is 9.20. The van der Waals surface area contributed by atoms with Gasteiger partial charge in [-0.3, -0.25) is 0 Å². The Kier molecular flexibility index (Phi) is 6.18. The van der Waals surface area contributed by atoms with Crippen LogP contribution in [0.1, 0.15) is 15.9 Å². The number of aryl methyl sites for hydroxylation is 1. The van der Waals surface area contributed by atoms with Crippen LogP contribution in [-0.2, 0) is 0 Å². The second-order valence-corrected chi connectivity index (χ2v) is 7.42. The summed E-state index contributed by atoms with van der Waals surface area (Å²) in [6.07, 6.45) is 0. The predicted molar refractivity (Wildman–Crippen MR) is 120 cm³/mol. The molecule has 0 N–H and O–H groups in total. The van der Waals surface area contributed by atoms with Crippen LogP contribution >= 0.6 is 0 Å². The minimum absolute atomic E-state index is 0.0678. The molecule has 0 saturated heterocycles. The van der Waals surface area contributed by atoms with E-state index < -0.39 is 29.2 Å². The van der Waals surface area contributed by atoms with E-state index in [1.807, 2.05) is 6.92 Å². The molecule has 0 amide bonds. The molecular weight excluding hydrogens is 429 g/mol. The van der Waals surface area contributed by atoms with Crippen LogP contribution in [0.15, 0.2) is 78.9 Å². The maximum absolute atomic E-state index is 14.6. The molecular formula is C27H19F3O3. The van der Waals surface area contributed by atoms with Gasteiger partial charge < -0.3 is 9.47 Å². The van der Waals surface area contributed by atoms with Gasteiger partial charge in [0.05, 0.1) is 12.7 Å². The first-order valence-corrected chi connectivity index (χ1v) is 10.1. The average molecular weight is 448 g/mol. The molecule has 0 aromatic heterocycles. The highest BCUT2D eigenvalue weighted by atomic mass is 19.2. The first-order valence-electron chi connectivity index (χ1n) is 10.1. The Morgan fingerprint density at radius 1 is 0.727 bits per heavy atom. The second-order valence-electron chi connectivity index (χ2n) is 7.42. The summed E-state index contributed by atoms with van der Waals surface area (Å²) >= 11 is 0. The SMILES string of the molecule is COc1ccc(-c2ccc(C(=O)Oc3ccc(-c4ccc(C)cc4)c(F)c3F)cc2)c(F)c1. The van der Waals surface area contributed by atoms with Crippen LogP contribution in [0, 0.1) is 24.4 Å². The molecule has 166 valence electrons. The van der Waals surface area contributed by atoms with Crippen molar-refractivity contribution < 1.29 is 27.4 Å².